The van der Waals surface area contributed by atoms with Gasteiger partial charge in [0.15, 0.2) is 0 Å². The van der Waals surface area contributed by atoms with E-state index in [1.807, 2.05) is 17.9 Å². The Balaban J connectivity index is 1.66. The molecule has 1 amide bonds. The van der Waals surface area contributed by atoms with Gasteiger partial charge in [-0.15, -0.1) is 0 Å². The molecule has 3 rings (SSSR count). The summed E-state index contributed by atoms with van der Waals surface area (Å²) in [6, 6.07) is 5.01. The number of aryl methyl sites for hydroxylation is 1. The van der Waals surface area contributed by atoms with Gasteiger partial charge in [0, 0.05) is 19.0 Å². The fraction of sp³-hybridized carbons (Fsp3) is 0.588. The third-order valence-electron chi connectivity index (χ3n) is 4.86. The van der Waals surface area contributed by atoms with Gasteiger partial charge in [0.25, 0.3) is 10.1 Å². The second kappa shape index (κ2) is 6.24. The molecule has 1 aliphatic carbocycles. The summed E-state index contributed by atoms with van der Waals surface area (Å²) in [7, 11) is -4.19. The third kappa shape index (κ3) is 3.93. The number of hydrogen-bond donors (Lipinski definition) is 1. The topological polar surface area (TPSA) is 74.7 Å². The number of amides is 1. The zero-order chi connectivity index (χ0) is 16.6. The van der Waals surface area contributed by atoms with Gasteiger partial charge in [-0.1, -0.05) is 17.7 Å². The molecule has 126 valence electrons. The number of carbonyl (C=O) groups is 1. The molecule has 1 aliphatic heterocycles. The van der Waals surface area contributed by atoms with E-state index in [-0.39, 0.29) is 16.7 Å². The Morgan fingerprint density at radius 3 is 2.43 bits per heavy atom. The number of benzene rings is 1. The van der Waals surface area contributed by atoms with Gasteiger partial charge in [0.1, 0.15) is 0 Å². The van der Waals surface area contributed by atoms with E-state index < -0.39 is 10.1 Å². The van der Waals surface area contributed by atoms with Gasteiger partial charge in [-0.25, -0.2) is 0 Å². The molecule has 1 heterocycles. The lowest BCUT2D eigenvalue weighted by atomic mass is 9.89. The predicted octanol–water partition coefficient (Wildman–Crippen LogP) is 2.43. The molecular weight excluding hydrogens is 314 g/mol. The van der Waals surface area contributed by atoms with Crippen LogP contribution >= 0.6 is 0 Å². The summed E-state index contributed by atoms with van der Waals surface area (Å²) >= 11 is 0. The first-order valence-corrected chi connectivity index (χ1v) is 9.64. The maximum atomic E-state index is 12.1. The standard InChI is InChI=1S/C17H23NO4S/c1-12-2-5-16(23(20,21)22)15(10-12)11-13-6-8-18(9-7-13)17(19)14-3-4-14/h2,5,10,13-14H,3-4,6-9,11H2,1H3,(H,20,21,22). The highest BCUT2D eigenvalue weighted by Gasteiger charge is 2.35. The normalized spacial score (nSPS) is 19.8. The van der Waals surface area contributed by atoms with Crippen molar-refractivity contribution in [3.05, 3.63) is 29.3 Å². The predicted molar refractivity (Wildman–Crippen MR) is 86.7 cm³/mol. The highest BCUT2D eigenvalue weighted by molar-refractivity contribution is 7.85. The minimum absolute atomic E-state index is 0.0135. The quantitative estimate of drug-likeness (QED) is 0.856. The molecule has 5 nitrogen and oxygen atoms in total. The molecule has 23 heavy (non-hydrogen) atoms. The molecule has 1 aromatic rings. The SMILES string of the molecule is Cc1ccc(S(=O)(=O)O)c(CC2CCN(C(=O)C3CC3)CC2)c1. The zero-order valence-electron chi connectivity index (χ0n) is 13.4. The van der Waals surface area contributed by atoms with Crippen LogP contribution in [0.4, 0.5) is 0 Å². The van der Waals surface area contributed by atoms with Crippen LogP contribution in [0.2, 0.25) is 0 Å². The van der Waals surface area contributed by atoms with Gasteiger partial charge in [0.05, 0.1) is 4.90 Å². The molecule has 0 unspecified atom stereocenters. The molecule has 6 heteroatoms. The highest BCUT2D eigenvalue weighted by atomic mass is 32.2. The lowest BCUT2D eigenvalue weighted by Gasteiger charge is -2.32. The highest BCUT2D eigenvalue weighted by Crippen LogP contribution is 2.33. The lowest BCUT2D eigenvalue weighted by molar-refractivity contribution is -0.133. The molecule has 0 aromatic heterocycles. The van der Waals surface area contributed by atoms with E-state index in [1.165, 1.54) is 6.07 Å². The molecule has 0 bridgehead atoms. The van der Waals surface area contributed by atoms with E-state index in [0.29, 0.717) is 17.9 Å². The first-order valence-electron chi connectivity index (χ1n) is 8.20. The van der Waals surface area contributed by atoms with Crippen LogP contribution in [-0.2, 0) is 21.3 Å². The van der Waals surface area contributed by atoms with Gasteiger partial charge in [-0.3, -0.25) is 9.35 Å². The van der Waals surface area contributed by atoms with Crippen LogP contribution in [0.5, 0.6) is 0 Å². The lowest BCUT2D eigenvalue weighted by Crippen LogP contribution is -2.39. The van der Waals surface area contributed by atoms with E-state index in [4.69, 9.17) is 0 Å². The maximum absolute atomic E-state index is 12.1. The van der Waals surface area contributed by atoms with Crippen LogP contribution in [0, 0.1) is 18.8 Å². The van der Waals surface area contributed by atoms with Gasteiger partial charge < -0.3 is 4.90 Å². The number of likely N-dealkylation sites (tertiary alicyclic amines) is 1. The van der Waals surface area contributed by atoms with Crippen molar-refractivity contribution >= 4 is 16.0 Å². The van der Waals surface area contributed by atoms with E-state index in [9.17, 15) is 17.8 Å². The Morgan fingerprint density at radius 1 is 1.22 bits per heavy atom. The Hall–Kier alpha value is -1.40. The minimum Gasteiger partial charge on any atom is -0.342 e. The number of carbonyl (C=O) groups excluding carboxylic acids is 1. The molecule has 1 saturated heterocycles. The van der Waals surface area contributed by atoms with Crippen molar-refractivity contribution in [1.82, 2.24) is 4.90 Å². The summed E-state index contributed by atoms with van der Waals surface area (Å²) in [5.74, 6) is 0.896. The summed E-state index contributed by atoms with van der Waals surface area (Å²) in [6.45, 7) is 3.42. The largest absolute Gasteiger partial charge is 0.342 e. The second-order valence-electron chi connectivity index (χ2n) is 6.83. The van der Waals surface area contributed by atoms with Crippen LogP contribution in [0.3, 0.4) is 0 Å². The fourth-order valence-electron chi connectivity index (χ4n) is 3.38. The molecule has 1 N–H and O–H groups in total. The third-order valence-corrected chi connectivity index (χ3v) is 5.81. The fourth-order valence-corrected chi connectivity index (χ4v) is 4.09. The molecule has 0 atom stereocenters. The van der Waals surface area contributed by atoms with Crippen LogP contribution in [0.25, 0.3) is 0 Å². The first-order chi connectivity index (χ1) is 10.8. The van der Waals surface area contributed by atoms with E-state index in [2.05, 4.69) is 0 Å². The summed E-state index contributed by atoms with van der Waals surface area (Å²) in [6.07, 6.45) is 4.45. The van der Waals surface area contributed by atoms with Gasteiger partial charge in [-0.2, -0.15) is 8.42 Å². The summed E-state index contributed by atoms with van der Waals surface area (Å²) in [5.41, 5.74) is 1.66. The van der Waals surface area contributed by atoms with Crippen molar-refractivity contribution in [1.29, 1.82) is 0 Å². The van der Waals surface area contributed by atoms with Crippen LogP contribution in [0.1, 0.15) is 36.8 Å². The van der Waals surface area contributed by atoms with Crippen molar-refractivity contribution in [2.24, 2.45) is 11.8 Å². The van der Waals surface area contributed by atoms with Gasteiger partial charge in [0.2, 0.25) is 5.91 Å². The Morgan fingerprint density at radius 2 is 1.87 bits per heavy atom. The molecule has 1 aromatic carbocycles. The van der Waals surface area contributed by atoms with E-state index in [0.717, 1.165) is 44.3 Å². The Bertz CT molecular complexity index is 701. The van der Waals surface area contributed by atoms with Crippen molar-refractivity contribution < 1.29 is 17.8 Å². The van der Waals surface area contributed by atoms with Crippen molar-refractivity contribution in [3.8, 4) is 0 Å². The molecule has 0 spiro atoms. The average Bonchev–Trinajstić information content (AvgIpc) is 3.31. The van der Waals surface area contributed by atoms with Crippen molar-refractivity contribution in [2.45, 2.75) is 43.9 Å². The zero-order valence-corrected chi connectivity index (χ0v) is 14.2. The molecular formula is C17H23NO4S. The maximum Gasteiger partial charge on any atom is 0.294 e. The van der Waals surface area contributed by atoms with Gasteiger partial charge in [-0.05, 0) is 56.6 Å². The average molecular weight is 337 g/mol. The van der Waals surface area contributed by atoms with Crippen LogP contribution in [-0.4, -0.2) is 36.9 Å². The molecule has 0 radical (unpaired) electrons. The summed E-state index contributed by atoms with van der Waals surface area (Å²) in [5, 5.41) is 0. The van der Waals surface area contributed by atoms with Crippen LogP contribution in [0.15, 0.2) is 23.1 Å². The van der Waals surface area contributed by atoms with Crippen LogP contribution < -0.4 is 0 Å². The number of nitrogens with zero attached hydrogens (tertiary/aromatic N) is 1. The molecule has 1 saturated carbocycles. The van der Waals surface area contributed by atoms with E-state index in [1.54, 1.807) is 6.07 Å². The first kappa shape index (κ1) is 16.5. The number of piperidine rings is 1. The monoisotopic (exact) mass is 337 g/mol. The smallest absolute Gasteiger partial charge is 0.294 e. The van der Waals surface area contributed by atoms with Crippen molar-refractivity contribution in [3.63, 3.8) is 0 Å². The number of rotatable bonds is 4. The van der Waals surface area contributed by atoms with Gasteiger partial charge >= 0.3 is 0 Å². The molecule has 2 aliphatic rings. The second-order valence-corrected chi connectivity index (χ2v) is 8.22. The Labute approximate surface area is 137 Å². The summed E-state index contributed by atoms with van der Waals surface area (Å²) in [4.78, 5) is 14.0. The number of hydrogen-bond acceptors (Lipinski definition) is 3. The Kier molecular flexibility index (Phi) is 4.47. The molecule has 2 fully saturated rings. The minimum atomic E-state index is -4.19. The van der Waals surface area contributed by atoms with Crippen molar-refractivity contribution in [2.75, 3.05) is 13.1 Å². The van der Waals surface area contributed by atoms with E-state index >= 15 is 0 Å². The summed E-state index contributed by atoms with van der Waals surface area (Å²) < 4.78 is 32.5.